The number of nitriles is 1. The molecule has 102 valence electrons. The Kier molecular flexibility index (Phi) is 4.29. The Morgan fingerprint density at radius 2 is 2.16 bits per heavy atom. The van der Waals surface area contributed by atoms with E-state index < -0.39 is 29.4 Å². The van der Waals surface area contributed by atoms with Crippen LogP contribution >= 0.6 is 0 Å². The number of anilines is 1. The summed E-state index contributed by atoms with van der Waals surface area (Å²) in [6, 6.07) is 4.86. The minimum absolute atomic E-state index is 0.00833. The Bertz CT molecular complexity index is 525. The molecule has 0 aliphatic heterocycles. The third kappa shape index (κ3) is 3.82. The number of nitrogens with zero attached hydrogens (tertiary/aromatic N) is 2. The van der Waals surface area contributed by atoms with Gasteiger partial charge in [0.1, 0.15) is 11.6 Å². The molecule has 0 bridgehead atoms. The van der Waals surface area contributed by atoms with E-state index in [9.17, 15) is 23.3 Å². The van der Waals surface area contributed by atoms with Gasteiger partial charge in [-0.05, 0) is 12.1 Å². The van der Waals surface area contributed by atoms with Gasteiger partial charge in [-0.15, -0.1) is 0 Å². The molecule has 9 heteroatoms. The Hall–Kier alpha value is -2.34. The summed E-state index contributed by atoms with van der Waals surface area (Å²) in [5, 5.41) is 30.2. The standard InChI is InChI=1S/C10H8F3N3O3/c11-10(12,13)9(17)5-15-7-2-1-6(4-14)8(3-7)16(18)19/h1-3,9,15,17H,5H2. The van der Waals surface area contributed by atoms with Crippen molar-refractivity contribution < 1.29 is 23.2 Å². The monoisotopic (exact) mass is 275 g/mol. The van der Waals surface area contributed by atoms with Crippen molar-refractivity contribution in [3.05, 3.63) is 33.9 Å². The van der Waals surface area contributed by atoms with E-state index in [1.807, 2.05) is 0 Å². The predicted octanol–water partition coefficient (Wildman–Crippen LogP) is 1.80. The first-order valence-corrected chi connectivity index (χ1v) is 4.93. The van der Waals surface area contributed by atoms with E-state index in [-0.39, 0.29) is 11.3 Å². The lowest BCUT2D eigenvalue weighted by atomic mass is 10.1. The van der Waals surface area contributed by atoms with Crippen LogP contribution in [0.25, 0.3) is 0 Å². The molecule has 19 heavy (non-hydrogen) atoms. The molecular weight excluding hydrogens is 267 g/mol. The Balaban J connectivity index is 2.84. The molecule has 6 nitrogen and oxygen atoms in total. The molecular formula is C10H8F3N3O3. The molecule has 0 amide bonds. The maximum atomic E-state index is 12.0. The van der Waals surface area contributed by atoms with E-state index >= 15 is 0 Å². The van der Waals surface area contributed by atoms with Gasteiger partial charge in [0.25, 0.3) is 5.69 Å². The van der Waals surface area contributed by atoms with Gasteiger partial charge in [0.2, 0.25) is 0 Å². The second-order valence-electron chi connectivity index (χ2n) is 3.54. The lowest BCUT2D eigenvalue weighted by Gasteiger charge is -2.15. The van der Waals surface area contributed by atoms with E-state index in [2.05, 4.69) is 5.32 Å². The lowest BCUT2D eigenvalue weighted by molar-refractivity contribution is -0.385. The third-order valence-electron chi connectivity index (χ3n) is 2.19. The van der Waals surface area contributed by atoms with E-state index in [4.69, 9.17) is 10.4 Å². The van der Waals surface area contributed by atoms with Crippen molar-refractivity contribution in [1.82, 2.24) is 0 Å². The third-order valence-corrected chi connectivity index (χ3v) is 2.19. The van der Waals surface area contributed by atoms with Crippen molar-refractivity contribution in [3.8, 4) is 6.07 Å². The van der Waals surface area contributed by atoms with Gasteiger partial charge >= 0.3 is 6.18 Å². The van der Waals surface area contributed by atoms with Crippen LogP contribution in [0, 0.1) is 21.4 Å². The van der Waals surface area contributed by atoms with Crippen molar-refractivity contribution in [3.63, 3.8) is 0 Å². The van der Waals surface area contributed by atoms with Crippen LogP contribution in [0.5, 0.6) is 0 Å². The van der Waals surface area contributed by atoms with E-state index in [1.54, 1.807) is 6.07 Å². The number of hydrogen-bond donors (Lipinski definition) is 2. The van der Waals surface area contributed by atoms with Gasteiger partial charge in [0, 0.05) is 18.3 Å². The summed E-state index contributed by atoms with van der Waals surface area (Å²) in [4.78, 5) is 9.81. The number of nitrogens with one attached hydrogen (secondary N) is 1. The molecule has 0 heterocycles. The molecule has 0 spiro atoms. The highest BCUT2D eigenvalue weighted by Crippen LogP contribution is 2.24. The smallest absolute Gasteiger partial charge is 0.382 e. The number of aliphatic hydroxyl groups excluding tert-OH is 1. The predicted molar refractivity (Wildman–Crippen MR) is 58.4 cm³/mol. The van der Waals surface area contributed by atoms with Gasteiger partial charge in [-0.2, -0.15) is 18.4 Å². The van der Waals surface area contributed by atoms with Gasteiger partial charge in [-0.3, -0.25) is 10.1 Å². The Labute approximate surface area is 105 Å². The SMILES string of the molecule is N#Cc1ccc(NCC(O)C(F)(F)F)cc1[N+](=O)[O-]. The second kappa shape index (κ2) is 5.53. The zero-order chi connectivity index (χ0) is 14.6. The van der Waals surface area contributed by atoms with E-state index in [0.29, 0.717) is 0 Å². The van der Waals surface area contributed by atoms with Gasteiger partial charge in [0.05, 0.1) is 4.92 Å². The van der Waals surface area contributed by atoms with Crippen LogP contribution in [0.15, 0.2) is 18.2 Å². The van der Waals surface area contributed by atoms with Crippen LogP contribution in [0.1, 0.15) is 5.56 Å². The average Bonchev–Trinajstić information content (AvgIpc) is 2.34. The molecule has 0 saturated heterocycles. The van der Waals surface area contributed by atoms with Crippen molar-refractivity contribution in [2.75, 3.05) is 11.9 Å². The molecule has 1 unspecified atom stereocenters. The van der Waals surface area contributed by atoms with Crippen molar-refractivity contribution in [2.45, 2.75) is 12.3 Å². The number of alkyl halides is 3. The molecule has 1 aromatic carbocycles. The van der Waals surface area contributed by atoms with Gasteiger partial charge in [-0.25, -0.2) is 0 Å². The lowest BCUT2D eigenvalue weighted by Crippen LogP contribution is -2.35. The number of halogens is 3. The summed E-state index contributed by atoms with van der Waals surface area (Å²) < 4.78 is 36.1. The molecule has 1 aromatic rings. The van der Waals surface area contributed by atoms with E-state index in [0.717, 1.165) is 12.1 Å². The highest BCUT2D eigenvalue weighted by Gasteiger charge is 2.37. The average molecular weight is 275 g/mol. The molecule has 0 aromatic heterocycles. The minimum Gasteiger partial charge on any atom is -0.382 e. The quantitative estimate of drug-likeness (QED) is 0.644. The Morgan fingerprint density at radius 1 is 1.53 bits per heavy atom. The fourth-order valence-electron chi connectivity index (χ4n) is 1.22. The molecule has 0 aliphatic carbocycles. The maximum absolute atomic E-state index is 12.0. The highest BCUT2D eigenvalue weighted by molar-refractivity contribution is 5.59. The summed E-state index contributed by atoms with van der Waals surface area (Å²) >= 11 is 0. The summed E-state index contributed by atoms with van der Waals surface area (Å²) in [7, 11) is 0. The molecule has 1 rings (SSSR count). The van der Waals surface area contributed by atoms with Crippen LogP contribution in [-0.4, -0.2) is 28.9 Å². The first-order valence-electron chi connectivity index (χ1n) is 4.93. The van der Waals surface area contributed by atoms with Crippen LogP contribution in [0.4, 0.5) is 24.5 Å². The van der Waals surface area contributed by atoms with Crippen molar-refractivity contribution in [2.24, 2.45) is 0 Å². The van der Waals surface area contributed by atoms with Crippen LogP contribution < -0.4 is 5.32 Å². The molecule has 0 aliphatic rings. The summed E-state index contributed by atoms with van der Waals surface area (Å²) in [6.07, 6.45) is -7.35. The van der Waals surface area contributed by atoms with Gasteiger partial charge in [-0.1, -0.05) is 0 Å². The fraction of sp³-hybridized carbons (Fsp3) is 0.300. The van der Waals surface area contributed by atoms with Crippen LogP contribution in [0.3, 0.4) is 0 Å². The fourth-order valence-corrected chi connectivity index (χ4v) is 1.22. The number of nitro groups is 1. The van der Waals surface area contributed by atoms with Crippen LogP contribution in [-0.2, 0) is 0 Å². The number of benzene rings is 1. The number of rotatable bonds is 4. The first-order chi connectivity index (χ1) is 8.75. The summed E-state index contributed by atoms with van der Waals surface area (Å²) in [6.45, 7) is -0.841. The topological polar surface area (TPSA) is 99.2 Å². The summed E-state index contributed by atoms with van der Waals surface area (Å²) in [5.41, 5.74) is -0.713. The van der Waals surface area contributed by atoms with E-state index in [1.165, 1.54) is 6.07 Å². The molecule has 2 N–H and O–H groups in total. The molecule has 0 radical (unpaired) electrons. The summed E-state index contributed by atoms with van der Waals surface area (Å²) in [5.74, 6) is 0. The number of nitro benzene ring substituents is 1. The largest absolute Gasteiger partial charge is 0.416 e. The molecule has 0 saturated carbocycles. The van der Waals surface area contributed by atoms with Crippen LogP contribution in [0.2, 0.25) is 0 Å². The minimum atomic E-state index is -4.77. The first kappa shape index (κ1) is 14.7. The molecule has 0 fully saturated rings. The van der Waals surface area contributed by atoms with Gasteiger partial charge < -0.3 is 10.4 Å². The second-order valence-corrected chi connectivity index (χ2v) is 3.54. The van der Waals surface area contributed by atoms with Gasteiger partial charge in [0.15, 0.2) is 6.10 Å². The normalized spacial score (nSPS) is 12.6. The molecule has 1 atom stereocenters. The van der Waals surface area contributed by atoms with Crippen molar-refractivity contribution in [1.29, 1.82) is 5.26 Å². The maximum Gasteiger partial charge on any atom is 0.416 e. The Morgan fingerprint density at radius 3 is 2.63 bits per heavy atom. The zero-order valence-corrected chi connectivity index (χ0v) is 9.31. The highest BCUT2D eigenvalue weighted by atomic mass is 19.4. The zero-order valence-electron chi connectivity index (χ0n) is 9.31. The van der Waals surface area contributed by atoms with Crippen molar-refractivity contribution >= 4 is 11.4 Å². The number of aliphatic hydroxyl groups is 1. The number of hydrogen-bond acceptors (Lipinski definition) is 5.